The summed E-state index contributed by atoms with van der Waals surface area (Å²) in [6, 6.07) is 12.1. The van der Waals surface area contributed by atoms with Gasteiger partial charge in [0.05, 0.1) is 12.5 Å². The molecule has 0 saturated heterocycles. The zero-order valence-corrected chi connectivity index (χ0v) is 14.6. The lowest BCUT2D eigenvalue weighted by molar-refractivity contribution is 0.771. The maximum absolute atomic E-state index is 4.63. The normalized spacial score (nSPS) is 10.4. The van der Waals surface area contributed by atoms with Gasteiger partial charge in [0.2, 0.25) is 0 Å². The Morgan fingerprint density at radius 1 is 0.846 bits per heavy atom. The monoisotopic (exact) mass is 339 g/mol. The molecule has 3 heterocycles. The molecule has 0 spiro atoms. The van der Waals surface area contributed by atoms with Crippen LogP contribution in [0.4, 0.5) is 0 Å². The number of nitrogens with zero attached hydrogens (tertiary/aromatic N) is 5. The first-order valence-corrected chi connectivity index (χ1v) is 8.23. The van der Waals surface area contributed by atoms with Crippen LogP contribution in [0.1, 0.15) is 11.3 Å². The highest BCUT2D eigenvalue weighted by atomic mass is 15.2. The fourth-order valence-corrected chi connectivity index (χ4v) is 2.77. The first-order chi connectivity index (χ1) is 12.7. The molecule has 0 atom stereocenters. The van der Waals surface area contributed by atoms with Crippen LogP contribution in [0.2, 0.25) is 0 Å². The second-order valence-electron chi connectivity index (χ2n) is 6.02. The van der Waals surface area contributed by atoms with E-state index in [1.54, 1.807) is 24.9 Å². The highest BCUT2D eigenvalue weighted by molar-refractivity contribution is 5.80. The topological polar surface area (TPSA) is 48.5 Å². The Bertz CT molecular complexity index is 1090. The average molecular weight is 339 g/mol. The standard InChI is InChI=1S/C21H17N5/c1-25-15-23-13-19(25)8-5-16-3-6-18(7-4-16)21-20(14-26(2)24-21)17-9-11-22-12-10-17/h3-4,6-7,9-15H,1-2H3. The van der Waals surface area contributed by atoms with Crippen molar-refractivity contribution >= 4 is 0 Å². The van der Waals surface area contributed by atoms with Gasteiger partial charge in [-0.25, -0.2) is 4.98 Å². The molecule has 3 aromatic heterocycles. The Labute approximate surface area is 152 Å². The van der Waals surface area contributed by atoms with E-state index in [0.717, 1.165) is 33.6 Å². The number of aromatic nitrogens is 5. The highest BCUT2D eigenvalue weighted by Gasteiger charge is 2.11. The summed E-state index contributed by atoms with van der Waals surface area (Å²) in [5.74, 6) is 6.31. The van der Waals surface area contributed by atoms with Crippen LogP contribution in [0.5, 0.6) is 0 Å². The molecule has 0 aliphatic carbocycles. The van der Waals surface area contributed by atoms with Crippen molar-refractivity contribution in [3.05, 3.63) is 78.8 Å². The van der Waals surface area contributed by atoms with Gasteiger partial charge in [0, 0.05) is 49.4 Å². The quantitative estimate of drug-likeness (QED) is 0.527. The first kappa shape index (κ1) is 15.9. The van der Waals surface area contributed by atoms with E-state index in [1.807, 2.05) is 53.8 Å². The van der Waals surface area contributed by atoms with Crippen LogP contribution >= 0.6 is 0 Å². The lowest BCUT2D eigenvalue weighted by Gasteiger charge is -2.03. The maximum atomic E-state index is 4.63. The van der Waals surface area contributed by atoms with Crippen molar-refractivity contribution < 1.29 is 0 Å². The van der Waals surface area contributed by atoms with E-state index in [1.165, 1.54) is 0 Å². The fourth-order valence-electron chi connectivity index (χ4n) is 2.77. The molecule has 4 aromatic rings. The minimum atomic E-state index is 0.888. The van der Waals surface area contributed by atoms with Gasteiger partial charge < -0.3 is 4.57 Å². The molecule has 4 rings (SSSR count). The third kappa shape index (κ3) is 3.13. The fraction of sp³-hybridized carbons (Fsp3) is 0.0952. The van der Waals surface area contributed by atoms with Crippen LogP contribution in [0.3, 0.4) is 0 Å². The molecule has 0 fully saturated rings. The molecule has 0 unspecified atom stereocenters. The Kier molecular flexibility index (Phi) is 4.08. The van der Waals surface area contributed by atoms with Gasteiger partial charge in [-0.15, -0.1) is 0 Å². The van der Waals surface area contributed by atoms with E-state index in [9.17, 15) is 0 Å². The van der Waals surface area contributed by atoms with Crippen LogP contribution in [0, 0.1) is 11.8 Å². The lowest BCUT2D eigenvalue weighted by atomic mass is 10.0. The summed E-state index contributed by atoms with van der Waals surface area (Å²) in [4.78, 5) is 8.16. The molecule has 0 bridgehead atoms. The molecule has 0 aliphatic heterocycles. The molecule has 0 saturated carbocycles. The van der Waals surface area contributed by atoms with Crippen LogP contribution in [0.15, 0.2) is 67.5 Å². The third-order valence-electron chi connectivity index (χ3n) is 4.13. The summed E-state index contributed by atoms with van der Waals surface area (Å²) in [5.41, 5.74) is 6.04. The lowest BCUT2D eigenvalue weighted by Crippen LogP contribution is -1.89. The second kappa shape index (κ2) is 6.69. The number of aryl methyl sites for hydroxylation is 2. The molecule has 5 nitrogen and oxygen atoms in total. The Balaban J connectivity index is 1.66. The van der Waals surface area contributed by atoms with Gasteiger partial charge in [-0.05, 0) is 35.7 Å². The zero-order valence-electron chi connectivity index (χ0n) is 14.6. The molecule has 0 aliphatic rings. The Morgan fingerprint density at radius 2 is 1.62 bits per heavy atom. The van der Waals surface area contributed by atoms with Crippen LogP contribution < -0.4 is 0 Å². The van der Waals surface area contributed by atoms with Crippen LogP contribution in [-0.2, 0) is 14.1 Å². The summed E-state index contributed by atoms with van der Waals surface area (Å²) >= 11 is 0. The SMILES string of the molecule is Cn1cc(-c2ccncc2)c(-c2ccc(C#Cc3cncn3C)cc2)n1. The van der Waals surface area contributed by atoms with E-state index >= 15 is 0 Å². The molecule has 126 valence electrons. The smallest absolute Gasteiger partial charge is 0.112 e. The molecule has 26 heavy (non-hydrogen) atoms. The summed E-state index contributed by atoms with van der Waals surface area (Å²) in [6.45, 7) is 0. The van der Waals surface area contributed by atoms with Crippen molar-refractivity contribution in [1.82, 2.24) is 24.3 Å². The number of hydrogen-bond donors (Lipinski definition) is 0. The number of benzene rings is 1. The molecule has 1 aromatic carbocycles. The largest absolute Gasteiger partial charge is 0.327 e. The predicted molar refractivity (Wildman–Crippen MR) is 101 cm³/mol. The van der Waals surface area contributed by atoms with E-state index in [0.29, 0.717) is 0 Å². The van der Waals surface area contributed by atoms with Crippen molar-refractivity contribution in [3.8, 4) is 34.2 Å². The van der Waals surface area contributed by atoms with Gasteiger partial charge in [0.15, 0.2) is 0 Å². The second-order valence-corrected chi connectivity index (χ2v) is 6.02. The Morgan fingerprint density at radius 3 is 2.31 bits per heavy atom. The van der Waals surface area contributed by atoms with Crippen molar-refractivity contribution in [1.29, 1.82) is 0 Å². The molecular formula is C21H17N5. The summed E-state index contributed by atoms with van der Waals surface area (Å²) in [6.07, 6.45) is 9.12. The van der Waals surface area contributed by atoms with Gasteiger partial charge in [-0.1, -0.05) is 18.1 Å². The van der Waals surface area contributed by atoms with Crippen molar-refractivity contribution in [2.24, 2.45) is 14.1 Å². The van der Waals surface area contributed by atoms with Crippen molar-refractivity contribution in [2.75, 3.05) is 0 Å². The average Bonchev–Trinajstić information content (AvgIpc) is 3.26. The van der Waals surface area contributed by atoms with E-state index < -0.39 is 0 Å². The Hall–Kier alpha value is -3.65. The minimum absolute atomic E-state index is 0.888. The number of rotatable bonds is 2. The zero-order chi connectivity index (χ0) is 17.9. The van der Waals surface area contributed by atoms with E-state index in [4.69, 9.17) is 0 Å². The van der Waals surface area contributed by atoms with Gasteiger partial charge in [0.1, 0.15) is 11.4 Å². The number of hydrogen-bond acceptors (Lipinski definition) is 3. The third-order valence-corrected chi connectivity index (χ3v) is 4.13. The number of imidazole rings is 1. The summed E-state index contributed by atoms with van der Waals surface area (Å²) in [7, 11) is 3.86. The van der Waals surface area contributed by atoms with Gasteiger partial charge in [-0.2, -0.15) is 5.10 Å². The molecule has 5 heteroatoms. The molecule has 0 N–H and O–H groups in total. The predicted octanol–water partition coefficient (Wildman–Crippen LogP) is 3.28. The maximum Gasteiger partial charge on any atom is 0.112 e. The van der Waals surface area contributed by atoms with E-state index in [2.05, 4.69) is 39.0 Å². The highest BCUT2D eigenvalue weighted by Crippen LogP contribution is 2.30. The number of pyridine rings is 1. The van der Waals surface area contributed by atoms with Gasteiger partial charge in [-0.3, -0.25) is 9.67 Å². The van der Waals surface area contributed by atoms with Crippen LogP contribution in [0.25, 0.3) is 22.4 Å². The summed E-state index contributed by atoms with van der Waals surface area (Å²) < 4.78 is 3.73. The molecule has 0 radical (unpaired) electrons. The van der Waals surface area contributed by atoms with Crippen molar-refractivity contribution in [3.63, 3.8) is 0 Å². The molecule has 0 amide bonds. The van der Waals surface area contributed by atoms with Crippen molar-refractivity contribution in [2.45, 2.75) is 0 Å². The van der Waals surface area contributed by atoms with Gasteiger partial charge >= 0.3 is 0 Å². The van der Waals surface area contributed by atoms with E-state index in [-0.39, 0.29) is 0 Å². The van der Waals surface area contributed by atoms with Crippen LogP contribution in [-0.4, -0.2) is 24.3 Å². The molecular weight excluding hydrogens is 322 g/mol. The van der Waals surface area contributed by atoms with Gasteiger partial charge in [0.25, 0.3) is 0 Å². The summed E-state index contributed by atoms with van der Waals surface area (Å²) in [5, 5.41) is 4.63. The first-order valence-electron chi connectivity index (χ1n) is 8.23. The minimum Gasteiger partial charge on any atom is -0.327 e.